The largest absolute Gasteiger partial charge is 0.490 e. The van der Waals surface area contributed by atoms with Crippen LogP contribution in [0.3, 0.4) is 0 Å². The van der Waals surface area contributed by atoms with Gasteiger partial charge in [-0.3, -0.25) is 0 Å². The van der Waals surface area contributed by atoms with E-state index < -0.39 is 0 Å². The first-order chi connectivity index (χ1) is 8.19. The van der Waals surface area contributed by atoms with Crippen molar-refractivity contribution in [3.63, 3.8) is 0 Å². The van der Waals surface area contributed by atoms with Gasteiger partial charge in [-0.05, 0) is 43.5 Å². The van der Waals surface area contributed by atoms with Crippen LogP contribution in [0.2, 0.25) is 0 Å². The lowest BCUT2D eigenvalue weighted by atomic mass is 9.82. The maximum Gasteiger partial charge on any atom is 0.123 e. The second-order valence-corrected chi connectivity index (χ2v) is 4.49. The van der Waals surface area contributed by atoms with Crippen molar-refractivity contribution in [3.05, 3.63) is 29.6 Å². The Bertz CT molecular complexity index is 450. The third-order valence-electron chi connectivity index (χ3n) is 3.01. The first-order valence-corrected chi connectivity index (χ1v) is 6.10. The topological polar surface area (TPSA) is 9.23 Å². The number of aryl methyl sites for hydroxylation is 1. The molecular weight excluding hydrogens is 215 g/mol. The predicted molar refractivity (Wildman–Crippen MR) is 66.3 cm³/mol. The van der Waals surface area contributed by atoms with Gasteiger partial charge in [0.05, 0.1) is 0 Å². The summed E-state index contributed by atoms with van der Waals surface area (Å²) in [4.78, 5) is 0. The molecule has 0 atom stereocenters. The van der Waals surface area contributed by atoms with Gasteiger partial charge in [-0.25, -0.2) is 4.39 Å². The van der Waals surface area contributed by atoms with Crippen molar-refractivity contribution in [2.24, 2.45) is 5.92 Å². The zero-order valence-electron chi connectivity index (χ0n) is 10.3. The highest BCUT2D eigenvalue weighted by molar-refractivity contribution is 5.33. The smallest absolute Gasteiger partial charge is 0.123 e. The fourth-order valence-corrected chi connectivity index (χ4v) is 1.95. The molecule has 90 valence electrons. The highest BCUT2D eigenvalue weighted by Crippen LogP contribution is 2.32. The van der Waals surface area contributed by atoms with Crippen LogP contribution in [-0.4, -0.2) is 6.10 Å². The predicted octanol–water partition coefficient (Wildman–Crippen LogP) is 3.70. The Morgan fingerprint density at radius 3 is 2.82 bits per heavy atom. The molecule has 1 aliphatic carbocycles. The van der Waals surface area contributed by atoms with Crippen LogP contribution in [-0.2, 0) is 0 Å². The lowest BCUT2D eigenvalue weighted by Gasteiger charge is -2.32. The Kier molecular flexibility index (Phi) is 3.68. The van der Waals surface area contributed by atoms with Crippen molar-refractivity contribution < 1.29 is 9.13 Å². The second kappa shape index (κ2) is 5.23. The molecule has 2 rings (SSSR count). The van der Waals surface area contributed by atoms with Crippen LogP contribution in [0.1, 0.15) is 31.7 Å². The van der Waals surface area contributed by atoms with Gasteiger partial charge in [-0.1, -0.05) is 12.8 Å². The second-order valence-electron chi connectivity index (χ2n) is 4.49. The van der Waals surface area contributed by atoms with Gasteiger partial charge in [-0.15, -0.1) is 5.92 Å². The molecule has 1 aromatic carbocycles. The Balaban J connectivity index is 1.87. The summed E-state index contributed by atoms with van der Waals surface area (Å²) < 4.78 is 18.7. The Morgan fingerprint density at radius 1 is 1.41 bits per heavy atom. The van der Waals surface area contributed by atoms with Crippen molar-refractivity contribution in [2.45, 2.75) is 39.2 Å². The molecule has 1 aliphatic rings. The van der Waals surface area contributed by atoms with E-state index in [1.807, 2.05) is 6.92 Å². The molecule has 0 N–H and O–H groups in total. The highest BCUT2D eigenvalue weighted by atomic mass is 19.1. The molecule has 17 heavy (non-hydrogen) atoms. The van der Waals surface area contributed by atoms with E-state index in [0.29, 0.717) is 5.92 Å². The van der Waals surface area contributed by atoms with Crippen LogP contribution < -0.4 is 4.74 Å². The van der Waals surface area contributed by atoms with Crippen LogP contribution in [0, 0.1) is 30.5 Å². The molecule has 0 bridgehead atoms. The van der Waals surface area contributed by atoms with E-state index in [1.165, 1.54) is 12.1 Å². The van der Waals surface area contributed by atoms with E-state index in [0.717, 1.165) is 30.6 Å². The van der Waals surface area contributed by atoms with Gasteiger partial charge in [0.25, 0.3) is 0 Å². The maximum absolute atomic E-state index is 12.9. The third-order valence-corrected chi connectivity index (χ3v) is 3.01. The van der Waals surface area contributed by atoms with E-state index in [4.69, 9.17) is 4.74 Å². The molecule has 1 aromatic rings. The number of hydrogen-bond donors (Lipinski definition) is 0. The number of ether oxygens (including phenoxy) is 1. The zero-order chi connectivity index (χ0) is 12.3. The van der Waals surface area contributed by atoms with E-state index >= 15 is 0 Å². The summed E-state index contributed by atoms with van der Waals surface area (Å²) >= 11 is 0. The molecule has 0 radical (unpaired) electrons. The molecule has 1 saturated carbocycles. The molecule has 0 spiro atoms. The molecule has 1 nitrogen and oxygen atoms in total. The van der Waals surface area contributed by atoms with Crippen molar-refractivity contribution >= 4 is 0 Å². The Hall–Kier alpha value is -1.49. The van der Waals surface area contributed by atoms with Gasteiger partial charge in [0.2, 0.25) is 0 Å². The lowest BCUT2D eigenvalue weighted by Crippen LogP contribution is -2.33. The molecule has 0 unspecified atom stereocenters. The molecule has 1 fully saturated rings. The number of rotatable bonds is 2. The van der Waals surface area contributed by atoms with Crippen molar-refractivity contribution in [1.82, 2.24) is 0 Å². The van der Waals surface area contributed by atoms with E-state index in [1.54, 1.807) is 6.07 Å². The van der Waals surface area contributed by atoms with Crippen LogP contribution in [0.25, 0.3) is 0 Å². The lowest BCUT2D eigenvalue weighted by molar-refractivity contribution is 0.0893. The number of benzene rings is 1. The van der Waals surface area contributed by atoms with E-state index in [-0.39, 0.29) is 11.9 Å². The minimum absolute atomic E-state index is 0.213. The van der Waals surface area contributed by atoms with Crippen LogP contribution in [0.4, 0.5) is 4.39 Å². The van der Waals surface area contributed by atoms with Gasteiger partial charge in [-0.2, -0.15) is 0 Å². The molecule has 0 saturated heterocycles. The number of halogens is 1. The monoisotopic (exact) mass is 232 g/mol. The molecule has 0 heterocycles. The minimum Gasteiger partial charge on any atom is -0.490 e. The van der Waals surface area contributed by atoms with Gasteiger partial charge in [0.15, 0.2) is 0 Å². The normalized spacial score (nSPS) is 22.3. The first-order valence-electron chi connectivity index (χ1n) is 6.10. The van der Waals surface area contributed by atoms with Gasteiger partial charge in [0.1, 0.15) is 17.7 Å². The third kappa shape index (κ3) is 3.00. The van der Waals surface area contributed by atoms with Gasteiger partial charge >= 0.3 is 0 Å². The van der Waals surface area contributed by atoms with Crippen molar-refractivity contribution in [2.75, 3.05) is 0 Å². The molecule has 0 amide bonds. The SMILES string of the molecule is CCC#CC1CC(Oc2ccc(F)cc2C)C1. The van der Waals surface area contributed by atoms with Gasteiger partial charge < -0.3 is 4.74 Å². The summed E-state index contributed by atoms with van der Waals surface area (Å²) in [6.45, 7) is 3.92. The summed E-state index contributed by atoms with van der Waals surface area (Å²) in [5.41, 5.74) is 0.855. The number of hydrogen-bond acceptors (Lipinski definition) is 1. The zero-order valence-corrected chi connectivity index (χ0v) is 10.3. The standard InChI is InChI=1S/C15H17FO/c1-3-4-5-12-9-14(10-12)17-15-7-6-13(16)8-11(15)2/h6-8,12,14H,3,9-10H2,1-2H3. The summed E-state index contributed by atoms with van der Waals surface area (Å²) in [7, 11) is 0. The van der Waals surface area contributed by atoms with Crippen LogP contribution in [0.15, 0.2) is 18.2 Å². The molecular formula is C15H17FO. The highest BCUT2D eigenvalue weighted by Gasteiger charge is 2.29. The summed E-state index contributed by atoms with van der Waals surface area (Å²) in [5, 5.41) is 0. The van der Waals surface area contributed by atoms with Gasteiger partial charge in [0, 0.05) is 12.3 Å². The van der Waals surface area contributed by atoms with E-state index in [2.05, 4.69) is 18.8 Å². The average molecular weight is 232 g/mol. The average Bonchev–Trinajstić information content (AvgIpc) is 2.24. The van der Waals surface area contributed by atoms with Crippen LogP contribution >= 0.6 is 0 Å². The Labute approximate surface area is 102 Å². The first kappa shape index (κ1) is 12.0. The molecule has 0 aromatic heterocycles. The van der Waals surface area contributed by atoms with Crippen molar-refractivity contribution in [1.29, 1.82) is 0 Å². The maximum atomic E-state index is 12.9. The fraction of sp³-hybridized carbons (Fsp3) is 0.467. The van der Waals surface area contributed by atoms with Crippen LogP contribution in [0.5, 0.6) is 5.75 Å². The van der Waals surface area contributed by atoms with Crippen molar-refractivity contribution in [3.8, 4) is 17.6 Å². The quantitative estimate of drug-likeness (QED) is 0.706. The molecule has 0 aliphatic heterocycles. The summed E-state index contributed by atoms with van der Waals surface area (Å²) in [6.07, 6.45) is 3.14. The summed E-state index contributed by atoms with van der Waals surface area (Å²) in [5.74, 6) is 7.38. The minimum atomic E-state index is -0.213. The molecule has 2 heteroatoms. The summed E-state index contributed by atoms with van der Waals surface area (Å²) in [6, 6.07) is 4.65. The fourth-order valence-electron chi connectivity index (χ4n) is 1.95. The van der Waals surface area contributed by atoms with E-state index in [9.17, 15) is 4.39 Å². The Morgan fingerprint density at radius 2 is 2.18 bits per heavy atom.